The van der Waals surface area contributed by atoms with Crippen LogP contribution in [0.2, 0.25) is 0 Å². The van der Waals surface area contributed by atoms with Gasteiger partial charge in [0.15, 0.2) is 15.5 Å². The highest BCUT2D eigenvalue weighted by Crippen LogP contribution is 2.22. The van der Waals surface area contributed by atoms with Gasteiger partial charge in [-0.1, -0.05) is 19.1 Å². The third kappa shape index (κ3) is 2.75. The summed E-state index contributed by atoms with van der Waals surface area (Å²) in [7, 11) is -2.21. The number of nitrogen functional groups attached to an aromatic ring is 1. The number of nitrogens with zero attached hydrogens (tertiary/aromatic N) is 2. The van der Waals surface area contributed by atoms with Gasteiger partial charge in [-0.25, -0.2) is 17.9 Å². The average molecular weight is 309 g/mol. The number of benzene rings is 1. The maximum Gasteiger partial charge on any atom is 0.360 e. The van der Waals surface area contributed by atoms with Crippen LogP contribution in [0.3, 0.4) is 0 Å². The van der Waals surface area contributed by atoms with Gasteiger partial charge in [0.1, 0.15) is 0 Å². The lowest BCUT2D eigenvalue weighted by Gasteiger charge is -2.08. The second-order valence-electron chi connectivity index (χ2n) is 4.24. The van der Waals surface area contributed by atoms with E-state index in [4.69, 9.17) is 5.73 Å². The summed E-state index contributed by atoms with van der Waals surface area (Å²) in [5.74, 6) is -0.716. The SMILES string of the molecule is CCS(=O)(=O)c1ccccc1-n1cc(N)c(C(=O)OC)n1. The maximum atomic E-state index is 12.1. The van der Waals surface area contributed by atoms with E-state index in [9.17, 15) is 13.2 Å². The number of esters is 1. The van der Waals surface area contributed by atoms with E-state index in [1.165, 1.54) is 24.1 Å². The minimum Gasteiger partial charge on any atom is -0.464 e. The van der Waals surface area contributed by atoms with Gasteiger partial charge >= 0.3 is 5.97 Å². The van der Waals surface area contributed by atoms with Crippen molar-refractivity contribution in [2.75, 3.05) is 18.6 Å². The van der Waals surface area contributed by atoms with E-state index in [1.54, 1.807) is 25.1 Å². The summed E-state index contributed by atoms with van der Waals surface area (Å²) in [6, 6.07) is 6.39. The summed E-state index contributed by atoms with van der Waals surface area (Å²) in [5.41, 5.74) is 6.11. The monoisotopic (exact) mass is 309 g/mol. The lowest BCUT2D eigenvalue weighted by atomic mass is 10.3. The molecule has 2 rings (SSSR count). The Morgan fingerprint density at radius 3 is 2.67 bits per heavy atom. The Bertz CT molecular complexity index is 780. The first kappa shape index (κ1) is 15.0. The molecule has 0 aliphatic rings. The number of ether oxygens (including phenoxy) is 1. The predicted octanol–water partition coefficient (Wildman–Crippen LogP) is 1.03. The first-order chi connectivity index (χ1) is 9.90. The number of aromatic nitrogens is 2. The minimum absolute atomic E-state index is 0.0371. The number of hydrogen-bond acceptors (Lipinski definition) is 6. The summed E-state index contributed by atoms with van der Waals surface area (Å²) < 4.78 is 30.1. The molecule has 1 aromatic carbocycles. The Morgan fingerprint density at radius 1 is 1.38 bits per heavy atom. The zero-order valence-electron chi connectivity index (χ0n) is 11.6. The zero-order chi connectivity index (χ0) is 15.6. The number of methoxy groups -OCH3 is 1. The van der Waals surface area contributed by atoms with E-state index in [2.05, 4.69) is 9.84 Å². The summed E-state index contributed by atoms with van der Waals surface area (Å²) >= 11 is 0. The van der Waals surface area contributed by atoms with Crippen molar-refractivity contribution in [1.29, 1.82) is 0 Å². The van der Waals surface area contributed by atoms with Crippen molar-refractivity contribution >= 4 is 21.5 Å². The molecule has 0 bridgehead atoms. The molecule has 1 heterocycles. The third-order valence-electron chi connectivity index (χ3n) is 2.95. The second-order valence-corrected chi connectivity index (χ2v) is 6.49. The number of sulfone groups is 1. The molecular weight excluding hydrogens is 294 g/mol. The lowest BCUT2D eigenvalue weighted by Crippen LogP contribution is -2.10. The molecule has 2 N–H and O–H groups in total. The standard InChI is InChI=1S/C13H15N3O4S/c1-3-21(18,19)11-7-5-4-6-10(11)16-8-9(14)12(15-16)13(17)20-2/h4-8H,3,14H2,1-2H3. The molecule has 0 aliphatic carbocycles. The van der Waals surface area contributed by atoms with Gasteiger partial charge in [-0.15, -0.1) is 0 Å². The van der Waals surface area contributed by atoms with Crippen LogP contribution >= 0.6 is 0 Å². The van der Waals surface area contributed by atoms with Crippen LogP contribution in [0.25, 0.3) is 5.69 Å². The molecule has 7 nitrogen and oxygen atoms in total. The summed E-state index contributed by atoms with van der Waals surface area (Å²) in [5, 5.41) is 4.01. The molecule has 112 valence electrons. The first-order valence-corrected chi connectivity index (χ1v) is 7.81. The molecule has 2 aromatic rings. The fourth-order valence-corrected chi connectivity index (χ4v) is 2.91. The number of rotatable bonds is 4. The molecule has 0 spiro atoms. The molecule has 0 atom stereocenters. The molecule has 0 saturated heterocycles. The fourth-order valence-electron chi connectivity index (χ4n) is 1.83. The van der Waals surface area contributed by atoms with Crippen LogP contribution in [0.5, 0.6) is 0 Å². The highest BCUT2D eigenvalue weighted by molar-refractivity contribution is 7.91. The Labute approximate surface area is 122 Å². The van der Waals surface area contributed by atoms with Gasteiger partial charge in [0, 0.05) is 0 Å². The van der Waals surface area contributed by atoms with Crippen LogP contribution < -0.4 is 5.73 Å². The minimum atomic E-state index is -3.42. The summed E-state index contributed by atoms with van der Waals surface area (Å²) in [6.45, 7) is 1.56. The van der Waals surface area contributed by atoms with Gasteiger partial charge in [-0.05, 0) is 12.1 Å². The molecule has 0 aliphatic heterocycles. The van der Waals surface area contributed by atoms with E-state index in [0.717, 1.165) is 0 Å². The van der Waals surface area contributed by atoms with Crippen LogP contribution in [0.1, 0.15) is 17.4 Å². The van der Waals surface area contributed by atoms with Gasteiger partial charge < -0.3 is 10.5 Å². The van der Waals surface area contributed by atoms with Gasteiger partial charge in [0.25, 0.3) is 0 Å². The van der Waals surface area contributed by atoms with Crippen LogP contribution in [0.15, 0.2) is 35.4 Å². The highest BCUT2D eigenvalue weighted by Gasteiger charge is 2.21. The number of hydrogen-bond donors (Lipinski definition) is 1. The predicted molar refractivity (Wildman–Crippen MR) is 77.0 cm³/mol. The van der Waals surface area contributed by atoms with E-state index < -0.39 is 15.8 Å². The Kier molecular flexibility index (Phi) is 3.99. The fraction of sp³-hybridized carbons (Fsp3) is 0.231. The quantitative estimate of drug-likeness (QED) is 0.846. The smallest absolute Gasteiger partial charge is 0.360 e. The highest BCUT2D eigenvalue weighted by atomic mass is 32.2. The normalized spacial score (nSPS) is 11.3. The largest absolute Gasteiger partial charge is 0.464 e. The number of anilines is 1. The van der Waals surface area contributed by atoms with E-state index >= 15 is 0 Å². The molecule has 21 heavy (non-hydrogen) atoms. The Balaban J connectivity index is 2.62. The van der Waals surface area contributed by atoms with E-state index in [-0.39, 0.29) is 22.0 Å². The lowest BCUT2D eigenvalue weighted by molar-refractivity contribution is 0.0594. The van der Waals surface area contributed by atoms with Crippen molar-refractivity contribution in [2.24, 2.45) is 0 Å². The van der Waals surface area contributed by atoms with Crippen molar-refractivity contribution < 1.29 is 17.9 Å². The maximum absolute atomic E-state index is 12.1. The van der Waals surface area contributed by atoms with E-state index in [0.29, 0.717) is 5.69 Å². The third-order valence-corrected chi connectivity index (χ3v) is 4.72. The van der Waals surface area contributed by atoms with Crippen molar-refractivity contribution in [2.45, 2.75) is 11.8 Å². The average Bonchev–Trinajstić information content (AvgIpc) is 2.88. The molecule has 1 aromatic heterocycles. The number of carbonyl (C=O) groups is 1. The molecule has 0 saturated carbocycles. The molecule has 0 fully saturated rings. The van der Waals surface area contributed by atoms with Gasteiger partial charge in [0.05, 0.1) is 35.3 Å². The van der Waals surface area contributed by atoms with Gasteiger partial charge in [0.2, 0.25) is 0 Å². The number of para-hydroxylation sites is 1. The van der Waals surface area contributed by atoms with Gasteiger partial charge in [-0.3, -0.25) is 0 Å². The van der Waals surface area contributed by atoms with Crippen LogP contribution in [0.4, 0.5) is 5.69 Å². The van der Waals surface area contributed by atoms with Crippen molar-refractivity contribution in [1.82, 2.24) is 9.78 Å². The first-order valence-electron chi connectivity index (χ1n) is 6.16. The Hall–Kier alpha value is -2.35. The van der Waals surface area contributed by atoms with Crippen molar-refractivity contribution in [3.05, 3.63) is 36.2 Å². The molecular formula is C13H15N3O4S. The number of nitrogens with two attached hydrogens (primary N) is 1. The van der Waals surface area contributed by atoms with Crippen LogP contribution in [-0.4, -0.2) is 37.0 Å². The van der Waals surface area contributed by atoms with Gasteiger partial charge in [-0.2, -0.15) is 5.10 Å². The molecule has 0 unspecified atom stereocenters. The molecule has 0 radical (unpaired) electrons. The Morgan fingerprint density at radius 2 is 2.05 bits per heavy atom. The second kappa shape index (κ2) is 5.57. The molecule has 8 heteroatoms. The van der Waals surface area contributed by atoms with Crippen molar-refractivity contribution in [3.63, 3.8) is 0 Å². The summed E-state index contributed by atoms with van der Waals surface area (Å²) in [6.07, 6.45) is 1.39. The zero-order valence-corrected chi connectivity index (χ0v) is 12.4. The summed E-state index contributed by atoms with van der Waals surface area (Å²) in [4.78, 5) is 11.7. The number of carbonyl (C=O) groups excluding carboxylic acids is 1. The molecule has 0 amide bonds. The van der Waals surface area contributed by atoms with Crippen molar-refractivity contribution in [3.8, 4) is 5.69 Å². The van der Waals surface area contributed by atoms with E-state index in [1.807, 2.05) is 0 Å². The van der Waals surface area contributed by atoms with Crippen LogP contribution in [0, 0.1) is 0 Å². The van der Waals surface area contributed by atoms with Crippen LogP contribution in [-0.2, 0) is 14.6 Å². The topological polar surface area (TPSA) is 104 Å².